The van der Waals surface area contributed by atoms with Crippen LogP contribution in [0.4, 0.5) is 0 Å². The smallest absolute Gasteiger partial charge is 0.328 e. The molecule has 5 nitrogen and oxygen atoms in total. The summed E-state index contributed by atoms with van der Waals surface area (Å²) in [5, 5.41) is 0. The zero-order valence-corrected chi connectivity index (χ0v) is 12.9. The van der Waals surface area contributed by atoms with Crippen LogP contribution in [0.3, 0.4) is 0 Å². The molecular weight excluding hydrogens is 278 g/mol. The predicted molar refractivity (Wildman–Crippen MR) is 87.2 cm³/mol. The lowest BCUT2D eigenvalue weighted by Gasteiger charge is -2.13. The Morgan fingerprint density at radius 1 is 0.955 bits per heavy atom. The van der Waals surface area contributed by atoms with Crippen molar-refractivity contribution in [2.45, 2.75) is 6.04 Å². The van der Waals surface area contributed by atoms with Crippen LogP contribution in [0.5, 0.6) is 5.75 Å². The minimum Gasteiger partial charge on any atom is -0.497 e. The predicted octanol–water partition coefficient (Wildman–Crippen LogP) is 1.93. The Morgan fingerprint density at radius 2 is 1.55 bits per heavy atom. The van der Waals surface area contributed by atoms with E-state index < -0.39 is 0 Å². The number of hydrogen-bond donors (Lipinski definition) is 1. The molecule has 1 aromatic heterocycles. The number of hydrogen-bond acceptors (Lipinski definition) is 3. The number of imidazole rings is 1. The second kappa shape index (κ2) is 5.35. The summed E-state index contributed by atoms with van der Waals surface area (Å²) in [5.74, 6) is 0.803. The van der Waals surface area contributed by atoms with Gasteiger partial charge in [0.15, 0.2) is 0 Å². The Kier molecular flexibility index (Phi) is 3.50. The number of ether oxygens (including phenoxy) is 1. The van der Waals surface area contributed by atoms with Crippen molar-refractivity contribution in [1.82, 2.24) is 9.13 Å². The second-order valence-corrected chi connectivity index (χ2v) is 5.40. The monoisotopic (exact) mass is 297 g/mol. The Labute approximate surface area is 128 Å². The van der Waals surface area contributed by atoms with E-state index in [1.807, 2.05) is 42.5 Å². The molecule has 0 aliphatic heterocycles. The number of methoxy groups -OCH3 is 1. The lowest BCUT2D eigenvalue weighted by molar-refractivity contribution is 0.414. The Bertz CT molecular complexity index is 875. The van der Waals surface area contributed by atoms with Crippen molar-refractivity contribution in [1.29, 1.82) is 0 Å². The number of nitrogens with zero attached hydrogens (tertiary/aromatic N) is 2. The first kappa shape index (κ1) is 14.4. The Morgan fingerprint density at radius 3 is 2.18 bits per heavy atom. The molecule has 0 amide bonds. The van der Waals surface area contributed by atoms with Crippen LogP contribution in [0.1, 0.15) is 17.2 Å². The van der Waals surface area contributed by atoms with Gasteiger partial charge in [0.1, 0.15) is 5.75 Å². The summed E-state index contributed by atoms with van der Waals surface area (Å²) < 4.78 is 8.44. The summed E-state index contributed by atoms with van der Waals surface area (Å²) in [7, 11) is 5.18. The molecule has 0 bridgehead atoms. The van der Waals surface area contributed by atoms with E-state index >= 15 is 0 Å². The van der Waals surface area contributed by atoms with Crippen LogP contribution in [0.25, 0.3) is 11.0 Å². The SMILES string of the molecule is COc1ccc(C(N)c2ccc3c(c2)n(C)c(=O)n3C)cc1. The van der Waals surface area contributed by atoms with Gasteiger partial charge in [-0.1, -0.05) is 18.2 Å². The van der Waals surface area contributed by atoms with Crippen LogP contribution in [0.15, 0.2) is 47.3 Å². The molecule has 0 aliphatic carbocycles. The summed E-state index contributed by atoms with van der Waals surface area (Å²) in [6.07, 6.45) is 0. The molecular formula is C17H19N3O2. The fourth-order valence-electron chi connectivity index (χ4n) is 2.72. The van der Waals surface area contributed by atoms with Gasteiger partial charge in [0.05, 0.1) is 24.2 Å². The van der Waals surface area contributed by atoms with Crippen molar-refractivity contribution >= 4 is 11.0 Å². The highest BCUT2D eigenvalue weighted by molar-refractivity contribution is 5.77. The molecule has 0 spiro atoms. The average Bonchev–Trinajstić information content (AvgIpc) is 2.78. The third-order valence-corrected chi connectivity index (χ3v) is 4.13. The highest BCUT2D eigenvalue weighted by Crippen LogP contribution is 2.24. The minimum absolute atomic E-state index is 0.0369. The summed E-state index contributed by atoms with van der Waals surface area (Å²) in [5.41, 5.74) is 10.1. The van der Waals surface area contributed by atoms with E-state index in [1.54, 1.807) is 30.3 Å². The van der Waals surface area contributed by atoms with Gasteiger partial charge in [0, 0.05) is 14.1 Å². The standard InChI is InChI=1S/C17H19N3O2/c1-19-14-9-6-12(10-15(14)20(2)17(19)21)16(18)11-4-7-13(22-3)8-5-11/h4-10,16H,18H2,1-3H3. The zero-order chi connectivity index (χ0) is 15.9. The first-order chi connectivity index (χ1) is 10.5. The highest BCUT2D eigenvalue weighted by atomic mass is 16.5. The molecule has 22 heavy (non-hydrogen) atoms. The van der Waals surface area contributed by atoms with Gasteiger partial charge < -0.3 is 10.5 Å². The summed E-state index contributed by atoms with van der Waals surface area (Å²) in [4.78, 5) is 12.0. The molecule has 2 N–H and O–H groups in total. The fraction of sp³-hybridized carbons (Fsp3) is 0.235. The van der Waals surface area contributed by atoms with Crippen molar-refractivity contribution < 1.29 is 4.74 Å². The quantitative estimate of drug-likeness (QED) is 0.803. The van der Waals surface area contributed by atoms with E-state index in [1.165, 1.54) is 0 Å². The van der Waals surface area contributed by atoms with Gasteiger partial charge in [-0.3, -0.25) is 9.13 Å². The molecule has 2 aromatic carbocycles. The number of benzene rings is 2. The number of fused-ring (bicyclic) bond motifs is 1. The summed E-state index contributed by atoms with van der Waals surface area (Å²) >= 11 is 0. The number of rotatable bonds is 3. The van der Waals surface area contributed by atoms with Crippen molar-refractivity contribution in [2.75, 3.05) is 7.11 Å². The third kappa shape index (κ3) is 2.19. The molecule has 3 rings (SSSR count). The van der Waals surface area contributed by atoms with Crippen molar-refractivity contribution in [2.24, 2.45) is 19.8 Å². The first-order valence-corrected chi connectivity index (χ1v) is 7.08. The first-order valence-electron chi connectivity index (χ1n) is 7.08. The maximum Gasteiger partial charge on any atom is 0.328 e. The Balaban J connectivity index is 2.05. The average molecular weight is 297 g/mol. The van der Waals surface area contributed by atoms with Crippen molar-refractivity contribution in [3.05, 3.63) is 64.1 Å². The largest absolute Gasteiger partial charge is 0.497 e. The van der Waals surface area contributed by atoms with Crippen molar-refractivity contribution in [3.8, 4) is 5.75 Å². The fourth-order valence-corrected chi connectivity index (χ4v) is 2.72. The van der Waals surface area contributed by atoms with Crippen LogP contribution in [-0.2, 0) is 14.1 Å². The van der Waals surface area contributed by atoms with E-state index in [-0.39, 0.29) is 11.7 Å². The molecule has 3 aromatic rings. The molecule has 0 saturated carbocycles. The number of aromatic nitrogens is 2. The third-order valence-electron chi connectivity index (χ3n) is 4.13. The van der Waals surface area contributed by atoms with Crippen molar-refractivity contribution in [3.63, 3.8) is 0 Å². The van der Waals surface area contributed by atoms with Crippen LogP contribution in [-0.4, -0.2) is 16.2 Å². The van der Waals surface area contributed by atoms with E-state index in [2.05, 4.69) is 0 Å². The van der Waals surface area contributed by atoms with Crippen LogP contribution >= 0.6 is 0 Å². The lowest BCUT2D eigenvalue weighted by atomic mass is 9.99. The maximum absolute atomic E-state index is 12.0. The highest BCUT2D eigenvalue weighted by Gasteiger charge is 2.13. The topological polar surface area (TPSA) is 62.2 Å². The van der Waals surface area contributed by atoms with Gasteiger partial charge >= 0.3 is 5.69 Å². The van der Waals surface area contributed by atoms with Gasteiger partial charge in [-0.25, -0.2) is 4.79 Å². The normalized spacial score (nSPS) is 12.5. The van der Waals surface area contributed by atoms with Crippen LogP contribution < -0.4 is 16.2 Å². The van der Waals surface area contributed by atoms with Gasteiger partial charge in [-0.15, -0.1) is 0 Å². The molecule has 0 radical (unpaired) electrons. The molecule has 114 valence electrons. The molecule has 1 atom stereocenters. The maximum atomic E-state index is 12.0. The zero-order valence-electron chi connectivity index (χ0n) is 12.9. The van der Waals surface area contributed by atoms with Gasteiger partial charge in [-0.05, 0) is 35.4 Å². The summed E-state index contributed by atoms with van der Waals surface area (Å²) in [6, 6.07) is 13.3. The van der Waals surface area contributed by atoms with E-state index in [0.717, 1.165) is 27.9 Å². The molecule has 0 fully saturated rings. The second-order valence-electron chi connectivity index (χ2n) is 5.40. The van der Waals surface area contributed by atoms with Gasteiger partial charge in [0.25, 0.3) is 0 Å². The number of nitrogens with two attached hydrogens (primary N) is 1. The molecule has 1 heterocycles. The molecule has 5 heteroatoms. The van der Waals surface area contributed by atoms with E-state index in [4.69, 9.17) is 10.5 Å². The van der Waals surface area contributed by atoms with Gasteiger partial charge in [0.2, 0.25) is 0 Å². The lowest BCUT2D eigenvalue weighted by Crippen LogP contribution is -2.19. The molecule has 1 unspecified atom stereocenters. The van der Waals surface area contributed by atoms with E-state index in [9.17, 15) is 4.79 Å². The van der Waals surface area contributed by atoms with E-state index in [0.29, 0.717) is 0 Å². The minimum atomic E-state index is -0.245. The number of aryl methyl sites for hydroxylation is 2. The van der Waals surface area contributed by atoms with Crippen LogP contribution in [0.2, 0.25) is 0 Å². The molecule has 0 saturated heterocycles. The summed E-state index contributed by atoms with van der Waals surface area (Å²) in [6.45, 7) is 0. The molecule has 0 aliphatic rings. The van der Waals surface area contributed by atoms with Crippen LogP contribution in [0, 0.1) is 0 Å². The van der Waals surface area contributed by atoms with Gasteiger partial charge in [-0.2, -0.15) is 0 Å². The Hall–Kier alpha value is -2.53.